The number of unbranched alkanes of at least 4 members (excludes halogenated alkanes) is 16. The third-order valence-corrected chi connectivity index (χ3v) is 9.09. The molecule has 0 aliphatic heterocycles. The number of nitrogens with zero attached hydrogens (tertiary/aromatic N) is 1. The van der Waals surface area contributed by atoms with Gasteiger partial charge >= 0.3 is 7.82 Å². The predicted octanol–water partition coefficient (Wildman–Crippen LogP) is 7.82. The van der Waals surface area contributed by atoms with Crippen LogP contribution in [0.1, 0.15) is 149 Å². The van der Waals surface area contributed by atoms with Gasteiger partial charge in [0.15, 0.2) is 0 Å². The number of amides is 1. The second-order valence-electron chi connectivity index (χ2n) is 13.7. The van der Waals surface area contributed by atoms with Crippen LogP contribution in [0.15, 0.2) is 12.2 Å². The maximum atomic E-state index is 12.7. The predicted molar refractivity (Wildman–Crippen MR) is 186 cm³/mol. The minimum absolute atomic E-state index is 0.0184. The number of hydrogen-bond acceptors (Lipinski definition) is 6. The van der Waals surface area contributed by atoms with Gasteiger partial charge in [0, 0.05) is 6.42 Å². The van der Waals surface area contributed by atoms with Crippen molar-refractivity contribution in [2.75, 3.05) is 40.9 Å². The highest BCUT2D eigenvalue weighted by Crippen LogP contribution is 2.43. The number of hydrogen-bond donors (Lipinski definition) is 4. The molecular formula is C35H72N2O7P+. The van der Waals surface area contributed by atoms with Gasteiger partial charge in [0.05, 0.1) is 39.9 Å². The van der Waals surface area contributed by atoms with Crippen LogP contribution in [-0.4, -0.2) is 84.6 Å². The summed E-state index contributed by atoms with van der Waals surface area (Å²) >= 11 is 0. The standard InChI is InChI=1S/C35H71N2O7P/c1-6-8-10-12-14-16-17-18-20-21-23-25-27-33(38)35(40)32(31-44-45(41,42)43-30-29-37(3,4)5)36-34(39)28-26-24-22-19-15-13-11-9-7-2/h20-21,32-33,35,38,40H,6-19,22-31H2,1-5H3,(H-,36,39,41,42)/p+1/b21-20+. The Morgan fingerprint density at radius 1 is 0.756 bits per heavy atom. The number of phosphoric ester groups is 1. The molecule has 0 aromatic heterocycles. The maximum absolute atomic E-state index is 12.7. The molecule has 0 rings (SSSR count). The van der Waals surface area contributed by atoms with Crippen molar-refractivity contribution in [3.63, 3.8) is 0 Å². The lowest BCUT2D eigenvalue weighted by atomic mass is 10.0. The molecule has 45 heavy (non-hydrogen) atoms. The van der Waals surface area contributed by atoms with E-state index in [1.807, 2.05) is 21.1 Å². The highest BCUT2D eigenvalue weighted by atomic mass is 31.2. The highest BCUT2D eigenvalue weighted by molar-refractivity contribution is 7.47. The van der Waals surface area contributed by atoms with E-state index in [-0.39, 0.29) is 18.9 Å². The first kappa shape index (κ1) is 44.2. The van der Waals surface area contributed by atoms with E-state index in [4.69, 9.17) is 9.05 Å². The van der Waals surface area contributed by atoms with Crippen molar-refractivity contribution in [2.45, 2.75) is 167 Å². The fourth-order valence-corrected chi connectivity index (χ4v) is 5.82. The second-order valence-corrected chi connectivity index (χ2v) is 15.2. The number of quaternary nitrogens is 1. The lowest BCUT2D eigenvalue weighted by Crippen LogP contribution is -2.51. The first-order valence-electron chi connectivity index (χ1n) is 18.1. The van der Waals surface area contributed by atoms with Crippen LogP contribution in [0.25, 0.3) is 0 Å². The Morgan fingerprint density at radius 3 is 1.78 bits per heavy atom. The first-order chi connectivity index (χ1) is 21.4. The van der Waals surface area contributed by atoms with Crippen molar-refractivity contribution in [3.05, 3.63) is 12.2 Å². The summed E-state index contributed by atoms with van der Waals surface area (Å²) in [7, 11) is 1.42. The van der Waals surface area contributed by atoms with Gasteiger partial charge in [-0.1, -0.05) is 116 Å². The van der Waals surface area contributed by atoms with Crippen molar-refractivity contribution in [1.29, 1.82) is 0 Å². The van der Waals surface area contributed by atoms with Crippen molar-refractivity contribution < 1.29 is 38.0 Å². The van der Waals surface area contributed by atoms with Crippen LogP contribution in [0.2, 0.25) is 0 Å². The van der Waals surface area contributed by atoms with Crippen molar-refractivity contribution in [1.82, 2.24) is 5.32 Å². The molecule has 4 unspecified atom stereocenters. The second kappa shape index (κ2) is 28.2. The van der Waals surface area contributed by atoms with E-state index in [2.05, 4.69) is 31.3 Å². The number of likely N-dealkylation sites (N-methyl/N-ethyl adjacent to an activating group) is 1. The third-order valence-electron chi connectivity index (χ3n) is 8.11. The highest BCUT2D eigenvalue weighted by Gasteiger charge is 2.31. The van der Waals surface area contributed by atoms with Crippen LogP contribution in [0.5, 0.6) is 0 Å². The van der Waals surface area contributed by atoms with Gasteiger partial charge < -0.3 is 24.9 Å². The molecule has 9 nitrogen and oxygen atoms in total. The van der Waals surface area contributed by atoms with Crippen molar-refractivity contribution in [2.24, 2.45) is 0 Å². The van der Waals surface area contributed by atoms with Crippen LogP contribution in [-0.2, 0) is 18.4 Å². The van der Waals surface area contributed by atoms with Crippen LogP contribution >= 0.6 is 7.82 Å². The molecule has 10 heteroatoms. The summed E-state index contributed by atoms with van der Waals surface area (Å²) in [6, 6.07) is -1.04. The summed E-state index contributed by atoms with van der Waals surface area (Å²) in [6.07, 6.45) is 24.2. The number of allylic oxidation sites excluding steroid dienone is 2. The molecule has 0 radical (unpaired) electrons. The lowest BCUT2D eigenvalue weighted by molar-refractivity contribution is -0.870. The number of carbonyl (C=O) groups excluding carboxylic acids is 1. The van der Waals surface area contributed by atoms with Crippen LogP contribution in [0, 0.1) is 0 Å². The number of phosphoric acid groups is 1. The Bertz CT molecular complexity index is 776. The zero-order chi connectivity index (χ0) is 33.8. The molecule has 0 heterocycles. The largest absolute Gasteiger partial charge is 0.472 e. The minimum Gasteiger partial charge on any atom is -0.390 e. The summed E-state index contributed by atoms with van der Waals surface area (Å²) in [4.78, 5) is 22.9. The van der Waals surface area contributed by atoms with E-state index in [1.165, 1.54) is 83.5 Å². The number of aliphatic hydroxyl groups is 2. The monoisotopic (exact) mass is 664 g/mol. The Balaban J connectivity index is 4.71. The molecule has 4 atom stereocenters. The van der Waals surface area contributed by atoms with E-state index < -0.39 is 32.7 Å². The third kappa shape index (κ3) is 29.1. The van der Waals surface area contributed by atoms with E-state index in [0.29, 0.717) is 23.9 Å². The number of nitrogens with one attached hydrogen (secondary N) is 1. The van der Waals surface area contributed by atoms with Gasteiger partial charge in [-0.25, -0.2) is 4.57 Å². The molecule has 0 saturated carbocycles. The molecule has 0 spiro atoms. The maximum Gasteiger partial charge on any atom is 0.472 e. The van der Waals surface area contributed by atoms with Gasteiger partial charge in [-0.3, -0.25) is 13.8 Å². The van der Waals surface area contributed by atoms with Crippen molar-refractivity contribution >= 4 is 13.7 Å². The normalized spacial score (nSPS) is 15.6. The summed E-state index contributed by atoms with van der Waals surface area (Å²) in [5.41, 5.74) is 0. The minimum atomic E-state index is -4.40. The topological polar surface area (TPSA) is 125 Å². The lowest BCUT2D eigenvalue weighted by Gasteiger charge is -2.28. The quantitative estimate of drug-likeness (QED) is 0.0250. The van der Waals surface area contributed by atoms with Gasteiger partial charge in [0.25, 0.3) is 0 Å². The van der Waals surface area contributed by atoms with Gasteiger partial charge in [-0.05, 0) is 38.5 Å². The average Bonchev–Trinajstić information content (AvgIpc) is 2.97. The molecule has 0 aromatic rings. The number of aliphatic hydroxyl groups excluding tert-OH is 2. The van der Waals surface area contributed by atoms with Gasteiger partial charge in [-0.15, -0.1) is 0 Å². The average molecular weight is 664 g/mol. The van der Waals surface area contributed by atoms with E-state index in [1.54, 1.807) is 0 Å². The van der Waals surface area contributed by atoms with Gasteiger partial charge in [0.2, 0.25) is 5.91 Å². The molecule has 0 aliphatic carbocycles. The fraction of sp³-hybridized carbons (Fsp3) is 0.914. The molecule has 0 bridgehead atoms. The molecule has 268 valence electrons. The Hall–Kier alpha value is -0.800. The summed E-state index contributed by atoms with van der Waals surface area (Å²) in [6.45, 7) is 4.52. The molecule has 4 N–H and O–H groups in total. The van der Waals surface area contributed by atoms with Crippen LogP contribution < -0.4 is 5.32 Å². The zero-order valence-electron chi connectivity index (χ0n) is 29.7. The molecule has 0 fully saturated rings. The first-order valence-corrected chi connectivity index (χ1v) is 19.6. The molecule has 1 amide bonds. The SMILES string of the molecule is CCCCCCCCC/C=C/CCCC(O)C(O)C(COP(=O)(O)OCC[N+](C)(C)C)NC(=O)CCCCCCCCCCC. The summed E-state index contributed by atoms with van der Waals surface area (Å²) in [5, 5.41) is 24.4. The van der Waals surface area contributed by atoms with Gasteiger partial charge in [-0.2, -0.15) is 0 Å². The summed E-state index contributed by atoms with van der Waals surface area (Å²) < 4.78 is 23.3. The fourth-order valence-electron chi connectivity index (χ4n) is 5.08. The van der Waals surface area contributed by atoms with Crippen LogP contribution in [0.3, 0.4) is 0 Å². The molecular weight excluding hydrogens is 591 g/mol. The number of carbonyl (C=O) groups is 1. The summed E-state index contributed by atoms with van der Waals surface area (Å²) in [5.74, 6) is -0.273. The molecule has 0 aliphatic rings. The van der Waals surface area contributed by atoms with Crippen molar-refractivity contribution in [3.8, 4) is 0 Å². The smallest absolute Gasteiger partial charge is 0.390 e. The van der Waals surface area contributed by atoms with E-state index >= 15 is 0 Å². The molecule has 0 aromatic carbocycles. The zero-order valence-corrected chi connectivity index (χ0v) is 30.6. The molecule has 0 saturated heterocycles. The van der Waals surface area contributed by atoms with E-state index in [0.717, 1.165) is 32.1 Å². The Kier molecular flexibility index (Phi) is 27.7. The Morgan fingerprint density at radius 2 is 1.24 bits per heavy atom. The number of rotatable bonds is 32. The van der Waals surface area contributed by atoms with Crippen LogP contribution in [0.4, 0.5) is 0 Å². The Labute approximate surface area is 276 Å². The van der Waals surface area contributed by atoms with Gasteiger partial charge in [0.1, 0.15) is 19.3 Å². The van der Waals surface area contributed by atoms with E-state index in [9.17, 15) is 24.5 Å².